The highest BCUT2D eigenvalue weighted by Gasteiger charge is 2.27. The SMILES string of the molecule is CCCNC1CCCc2nc(C3CCOCC3)sc21. The topological polar surface area (TPSA) is 34.2 Å². The molecule has 2 aliphatic rings. The van der Waals surface area contributed by atoms with Crippen LogP contribution in [0.4, 0.5) is 0 Å². The van der Waals surface area contributed by atoms with E-state index in [0.717, 1.165) is 32.6 Å². The first kappa shape index (κ1) is 13.5. The molecule has 1 unspecified atom stereocenters. The molecule has 3 nitrogen and oxygen atoms in total. The molecule has 1 atom stereocenters. The van der Waals surface area contributed by atoms with E-state index in [1.54, 1.807) is 0 Å². The number of ether oxygens (including phenoxy) is 1. The van der Waals surface area contributed by atoms with Crippen molar-refractivity contribution in [3.63, 3.8) is 0 Å². The first-order valence-corrected chi connectivity index (χ1v) is 8.50. The predicted molar refractivity (Wildman–Crippen MR) is 78.9 cm³/mol. The average molecular weight is 280 g/mol. The van der Waals surface area contributed by atoms with Gasteiger partial charge in [-0.15, -0.1) is 11.3 Å². The maximum Gasteiger partial charge on any atom is 0.0964 e. The van der Waals surface area contributed by atoms with Gasteiger partial charge in [0.15, 0.2) is 0 Å². The molecule has 1 N–H and O–H groups in total. The van der Waals surface area contributed by atoms with Gasteiger partial charge in [0.1, 0.15) is 0 Å². The van der Waals surface area contributed by atoms with Gasteiger partial charge in [-0.05, 0) is 45.1 Å². The highest BCUT2D eigenvalue weighted by molar-refractivity contribution is 7.12. The van der Waals surface area contributed by atoms with Crippen LogP contribution in [0.15, 0.2) is 0 Å². The lowest BCUT2D eigenvalue weighted by atomic mass is 9.97. The molecule has 0 aromatic carbocycles. The quantitative estimate of drug-likeness (QED) is 0.917. The van der Waals surface area contributed by atoms with Gasteiger partial charge in [0, 0.05) is 30.1 Å². The molecular weight excluding hydrogens is 256 g/mol. The Morgan fingerprint density at radius 2 is 2.16 bits per heavy atom. The molecular formula is C15H24N2OS. The van der Waals surface area contributed by atoms with Crippen LogP contribution in [0.25, 0.3) is 0 Å². The Bertz CT molecular complexity index is 412. The molecule has 1 aromatic rings. The summed E-state index contributed by atoms with van der Waals surface area (Å²) in [6.45, 7) is 5.17. The lowest BCUT2D eigenvalue weighted by Gasteiger charge is -2.22. The first-order chi connectivity index (χ1) is 9.38. The van der Waals surface area contributed by atoms with Crippen molar-refractivity contribution in [2.24, 2.45) is 0 Å². The van der Waals surface area contributed by atoms with Crippen LogP contribution in [0.1, 0.15) is 66.6 Å². The molecule has 4 heteroatoms. The summed E-state index contributed by atoms with van der Waals surface area (Å²) in [5, 5.41) is 5.06. The van der Waals surface area contributed by atoms with Crippen molar-refractivity contribution >= 4 is 11.3 Å². The van der Waals surface area contributed by atoms with Gasteiger partial charge in [0.25, 0.3) is 0 Å². The van der Waals surface area contributed by atoms with E-state index < -0.39 is 0 Å². The van der Waals surface area contributed by atoms with Crippen molar-refractivity contribution in [3.8, 4) is 0 Å². The van der Waals surface area contributed by atoms with Crippen LogP contribution in [0.3, 0.4) is 0 Å². The molecule has 1 aliphatic heterocycles. The minimum absolute atomic E-state index is 0.565. The van der Waals surface area contributed by atoms with Gasteiger partial charge < -0.3 is 10.1 Å². The summed E-state index contributed by atoms with van der Waals surface area (Å²) in [5.41, 5.74) is 1.38. The molecule has 1 aliphatic carbocycles. The molecule has 0 spiro atoms. The monoisotopic (exact) mass is 280 g/mol. The molecule has 1 saturated heterocycles. The van der Waals surface area contributed by atoms with E-state index in [0.29, 0.717) is 12.0 Å². The van der Waals surface area contributed by atoms with Crippen LogP contribution in [0.5, 0.6) is 0 Å². The minimum atomic E-state index is 0.565. The van der Waals surface area contributed by atoms with E-state index in [9.17, 15) is 0 Å². The predicted octanol–water partition coefficient (Wildman–Crippen LogP) is 3.41. The van der Waals surface area contributed by atoms with E-state index in [1.807, 2.05) is 11.3 Å². The molecule has 19 heavy (non-hydrogen) atoms. The van der Waals surface area contributed by atoms with Crippen molar-refractivity contribution in [3.05, 3.63) is 15.6 Å². The first-order valence-electron chi connectivity index (χ1n) is 7.69. The standard InChI is InChI=1S/C15H24N2OS/c1-2-8-16-12-4-3-5-13-14(12)19-15(17-13)11-6-9-18-10-7-11/h11-12,16H,2-10H2,1H3. The zero-order chi connectivity index (χ0) is 13.1. The number of hydrogen-bond acceptors (Lipinski definition) is 4. The van der Waals surface area contributed by atoms with Crippen LogP contribution in [-0.4, -0.2) is 24.7 Å². The molecule has 3 rings (SSSR count). The van der Waals surface area contributed by atoms with Crippen molar-refractivity contribution < 1.29 is 4.74 Å². The minimum Gasteiger partial charge on any atom is -0.381 e. The Hall–Kier alpha value is -0.450. The Labute approximate surface area is 119 Å². The maximum absolute atomic E-state index is 5.46. The molecule has 0 bridgehead atoms. The molecule has 1 fully saturated rings. The molecule has 0 saturated carbocycles. The number of rotatable bonds is 4. The highest BCUT2D eigenvalue weighted by Crippen LogP contribution is 2.38. The third-order valence-electron chi connectivity index (χ3n) is 4.18. The largest absolute Gasteiger partial charge is 0.381 e. The fraction of sp³-hybridized carbons (Fsp3) is 0.800. The highest BCUT2D eigenvalue weighted by atomic mass is 32.1. The zero-order valence-electron chi connectivity index (χ0n) is 11.8. The summed E-state index contributed by atoms with van der Waals surface area (Å²) in [6, 6.07) is 0.565. The fourth-order valence-electron chi connectivity index (χ4n) is 3.07. The third-order valence-corrected chi connectivity index (χ3v) is 5.55. The van der Waals surface area contributed by atoms with Gasteiger partial charge in [0.2, 0.25) is 0 Å². The Morgan fingerprint density at radius 1 is 1.32 bits per heavy atom. The number of aryl methyl sites for hydroxylation is 1. The smallest absolute Gasteiger partial charge is 0.0964 e. The van der Waals surface area contributed by atoms with E-state index >= 15 is 0 Å². The second-order valence-corrected chi connectivity index (χ2v) is 6.71. The zero-order valence-corrected chi connectivity index (χ0v) is 12.6. The number of nitrogens with one attached hydrogen (secondary N) is 1. The van der Waals surface area contributed by atoms with Crippen molar-refractivity contribution in [1.29, 1.82) is 0 Å². The molecule has 106 valence electrons. The molecule has 2 heterocycles. The van der Waals surface area contributed by atoms with E-state index in [4.69, 9.17) is 9.72 Å². The normalized spacial score (nSPS) is 24.4. The number of nitrogens with zero attached hydrogens (tertiary/aromatic N) is 1. The van der Waals surface area contributed by atoms with Crippen molar-refractivity contribution in [1.82, 2.24) is 10.3 Å². The van der Waals surface area contributed by atoms with E-state index in [-0.39, 0.29) is 0 Å². The lowest BCUT2D eigenvalue weighted by Crippen LogP contribution is -2.24. The number of hydrogen-bond donors (Lipinski definition) is 1. The fourth-order valence-corrected chi connectivity index (χ4v) is 4.46. The van der Waals surface area contributed by atoms with E-state index in [1.165, 1.54) is 41.3 Å². The molecule has 0 amide bonds. The van der Waals surface area contributed by atoms with Gasteiger partial charge in [-0.25, -0.2) is 4.98 Å². The summed E-state index contributed by atoms with van der Waals surface area (Å²) < 4.78 is 5.46. The van der Waals surface area contributed by atoms with Crippen molar-refractivity contribution in [2.75, 3.05) is 19.8 Å². The summed E-state index contributed by atoms with van der Waals surface area (Å²) in [5.74, 6) is 0.649. The van der Waals surface area contributed by atoms with Crippen LogP contribution in [-0.2, 0) is 11.2 Å². The number of fused-ring (bicyclic) bond motifs is 1. The molecule has 0 radical (unpaired) electrons. The third kappa shape index (κ3) is 3.01. The van der Waals surface area contributed by atoms with Gasteiger partial charge in [-0.2, -0.15) is 0 Å². The number of aromatic nitrogens is 1. The van der Waals surface area contributed by atoms with Crippen molar-refractivity contribution in [2.45, 2.75) is 57.4 Å². The average Bonchev–Trinajstić information content (AvgIpc) is 2.90. The Kier molecular flexibility index (Phi) is 4.51. The van der Waals surface area contributed by atoms with Gasteiger partial charge in [-0.1, -0.05) is 6.92 Å². The summed E-state index contributed by atoms with van der Waals surface area (Å²) >= 11 is 1.97. The van der Waals surface area contributed by atoms with Gasteiger partial charge >= 0.3 is 0 Å². The number of thiazole rings is 1. The van der Waals surface area contributed by atoms with Gasteiger partial charge in [-0.3, -0.25) is 0 Å². The van der Waals surface area contributed by atoms with Crippen LogP contribution >= 0.6 is 11.3 Å². The molecule has 1 aromatic heterocycles. The Morgan fingerprint density at radius 3 is 2.95 bits per heavy atom. The maximum atomic E-state index is 5.46. The lowest BCUT2D eigenvalue weighted by molar-refractivity contribution is 0.0852. The van der Waals surface area contributed by atoms with Crippen LogP contribution < -0.4 is 5.32 Å². The Balaban J connectivity index is 1.76. The second-order valence-electron chi connectivity index (χ2n) is 5.65. The van der Waals surface area contributed by atoms with Gasteiger partial charge in [0.05, 0.1) is 10.7 Å². The summed E-state index contributed by atoms with van der Waals surface area (Å²) in [4.78, 5) is 6.48. The van der Waals surface area contributed by atoms with Crippen LogP contribution in [0.2, 0.25) is 0 Å². The summed E-state index contributed by atoms with van der Waals surface area (Å²) in [7, 11) is 0. The second kappa shape index (κ2) is 6.33. The van der Waals surface area contributed by atoms with E-state index in [2.05, 4.69) is 12.2 Å². The van der Waals surface area contributed by atoms with Crippen LogP contribution in [0, 0.1) is 0 Å². The summed E-state index contributed by atoms with van der Waals surface area (Å²) in [6.07, 6.45) is 7.25.